The van der Waals surface area contributed by atoms with Gasteiger partial charge in [-0.3, -0.25) is 4.79 Å². The zero-order valence-corrected chi connectivity index (χ0v) is 13.0. The van der Waals surface area contributed by atoms with Crippen LogP contribution < -0.4 is 10.6 Å². The van der Waals surface area contributed by atoms with Crippen LogP contribution in [0.15, 0.2) is 40.5 Å². The fourth-order valence-corrected chi connectivity index (χ4v) is 1.63. The van der Waals surface area contributed by atoms with Crippen LogP contribution in [0.1, 0.15) is 13.8 Å². The number of ether oxygens (including phenoxy) is 1. The molecule has 1 amide bonds. The van der Waals surface area contributed by atoms with Crippen LogP contribution in [0, 0.1) is 0 Å². The number of anilines is 1. The number of carbonyl (C=O) groups excluding carboxylic acids is 2. The van der Waals surface area contributed by atoms with E-state index >= 15 is 0 Å². The van der Waals surface area contributed by atoms with E-state index in [-0.39, 0.29) is 12.5 Å². The predicted octanol–water partition coefficient (Wildman–Crippen LogP) is 2.44. The minimum atomic E-state index is -0.425. The smallest absolute Gasteiger partial charge is 0.332 e. The van der Waals surface area contributed by atoms with E-state index in [4.69, 9.17) is 4.74 Å². The van der Waals surface area contributed by atoms with Crippen LogP contribution >= 0.6 is 15.9 Å². The highest BCUT2D eigenvalue weighted by atomic mass is 79.9. The minimum Gasteiger partial charge on any atom is -0.463 e. The SMILES string of the molecule is CCOC(=O)/C=C(\C)NCC(=O)Nc1ccc(Br)cc1. The van der Waals surface area contributed by atoms with Gasteiger partial charge in [-0.2, -0.15) is 0 Å². The van der Waals surface area contributed by atoms with Gasteiger partial charge in [0.25, 0.3) is 0 Å². The second-order valence-electron chi connectivity index (χ2n) is 3.99. The number of nitrogens with one attached hydrogen (secondary N) is 2. The van der Waals surface area contributed by atoms with Crippen molar-refractivity contribution in [3.8, 4) is 0 Å². The minimum absolute atomic E-state index is 0.0812. The highest BCUT2D eigenvalue weighted by Crippen LogP contribution is 2.13. The normalized spacial score (nSPS) is 10.8. The van der Waals surface area contributed by atoms with E-state index in [2.05, 4.69) is 26.6 Å². The molecule has 1 rings (SSSR count). The first-order valence-electron chi connectivity index (χ1n) is 6.15. The number of hydrogen-bond donors (Lipinski definition) is 2. The van der Waals surface area contributed by atoms with Crippen LogP contribution in [0.25, 0.3) is 0 Å². The number of allylic oxidation sites excluding steroid dienone is 1. The quantitative estimate of drug-likeness (QED) is 0.616. The Labute approximate surface area is 126 Å². The summed E-state index contributed by atoms with van der Waals surface area (Å²) in [6.07, 6.45) is 1.32. The fourth-order valence-electron chi connectivity index (χ4n) is 1.37. The number of rotatable bonds is 6. The van der Waals surface area contributed by atoms with Gasteiger partial charge < -0.3 is 15.4 Å². The van der Waals surface area contributed by atoms with Crippen LogP contribution in [0.4, 0.5) is 5.69 Å². The van der Waals surface area contributed by atoms with E-state index in [9.17, 15) is 9.59 Å². The van der Waals surface area contributed by atoms with Crippen LogP contribution in [0.3, 0.4) is 0 Å². The lowest BCUT2D eigenvalue weighted by Gasteiger charge is -2.08. The Balaban J connectivity index is 2.39. The second-order valence-corrected chi connectivity index (χ2v) is 4.90. The van der Waals surface area contributed by atoms with Crippen molar-refractivity contribution in [3.63, 3.8) is 0 Å². The maximum atomic E-state index is 11.7. The summed E-state index contributed by atoms with van der Waals surface area (Å²) in [5.41, 5.74) is 1.29. The molecular weight excluding hydrogens is 324 g/mol. The van der Waals surface area contributed by atoms with Crippen molar-refractivity contribution in [1.29, 1.82) is 0 Å². The van der Waals surface area contributed by atoms with Gasteiger partial charge in [-0.15, -0.1) is 0 Å². The summed E-state index contributed by atoms with van der Waals surface area (Å²) in [7, 11) is 0. The Bertz CT molecular complexity index is 498. The zero-order valence-electron chi connectivity index (χ0n) is 11.4. The van der Waals surface area contributed by atoms with Crippen molar-refractivity contribution in [3.05, 3.63) is 40.5 Å². The van der Waals surface area contributed by atoms with Crippen LogP contribution in [0.5, 0.6) is 0 Å². The first kappa shape index (κ1) is 16.2. The fraction of sp³-hybridized carbons (Fsp3) is 0.286. The lowest BCUT2D eigenvalue weighted by atomic mass is 10.3. The molecule has 1 aromatic carbocycles. The Morgan fingerprint density at radius 2 is 1.95 bits per heavy atom. The highest BCUT2D eigenvalue weighted by Gasteiger charge is 2.03. The summed E-state index contributed by atoms with van der Waals surface area (Å²) in [5.74, 6) is -0.616. The van der Waals surface area contributed by atoms with E-state index in [1.807, 2.05) is 12.1 Å². The number of esters is 1. The lowest BCUT2D eigenvalue weighted by Crippen LogP contribution is -2.27. The topological polar surface area (TPSA) is 67.4 Å². The molecule has 0 aliphatic rings. The molecule has 0 aromatic heterocycles. The Hall–Kier alpha value is -1.82. The Morgan fingerprint density at radius 1 is 1.30 bits per heavy atom. The van der Waals surface area contributed by atoms with Crippen molar-refractivity contribution in [2.45, 2.75) is 13.8 Å². The molecule has 20 heavy (non-hydrogen) atoms. The number of hydrogen-bond acceptors (Lipinski definition) is 4. The number of carbonyl (C=O) groups is 2. The van der Waals surface area contributed by atoms with Gasteiger partial charge in [0.15, 0.2) is 0 Å². The second kappa shape index (κ2) is 8.37. The van der Waals surface area contributed by atoms with Gasteiger partial charge in [-0.05, 0) is 38.1 Å². The third-order valence-corrected chi connectivity index (χ3v) is 2.81. The summed E-state index contributed by atoms with van der Waals surface area (Å²) in [6, 6.07) is 7.27. The molecule has 0 aliphatic heterocycles. The molecule has 0 spiro atoms. The Morgan fingerprint density at radius 3 is 2.55 bits per heavy atom. The first-order valence-corrected chi connectivity index (χ1v) is 6.95. The standard InChI is InChI=1S/C14H17BrN2O3/c1-3-20-14(19)8-10(2)16-9-13(18)17-12-6-4-11(15)5-7-12/h4-8,16H,3,9H2,1-2H3,(H,17,18)/b10-8+. The summed E-state index contributed by atoms with van der Waals surface area (Å²) in [5, 5.41) is 5.58. The molecule has 0 aliphatic carbocycles. The molecule has 0 bridgehead atoms. The third kappa shape index (κ3) is 6.38. The van der Waals surface area contributed by atoms with Gasteiger partial charge in [0.05, 0.1) is 13.2 Å². The number of amides is 1. The summed E-state index contributed by atoms with van der Waals surface area (Å²) in [4.78, 5) is 22.9. The molecule has 0 heterocycles. The van der Waals surface area contributed by atoms with Crippen molar-refractivity contribution in [2.75, 3.05) is 18.5 Å². The predicted molar refractivity (Wildman–Crippen MR) is 81.2 cm³/mol. The molecule has 1 aromatic rings. The van der Waals surface area contributed by atoms with Crippen molar-refractivity contribution in [2.24, 2.45) is 0 Å². The highest BCUT2D eigenvalue weighted by molar-refractivity contribution is 9.10. The molecule has 0 unspecified atom stereocenters. The molecule has 0 fully saturated rings. The van der Waals surface area contributed by atoms with Gasteiger partial charge in [-0.1, -0.05) is 15.9 Å². The molecule has 2 N–H and O–H groups in total. The van der Waals surface area contributed by atoms with E-state index in [0.717, 1.165) is 4.47 Å². The average molecular weight is 341 g/mol. The lowest BCUT2D eigenvalue weighted by molar-refractivity contribution is -0.137. The molecular formula is C14H17BrN2O3. The van der Waals surface area contributed by atoms with Crippen LogP contribution in [-0.4, -0.2) is 25.0 Å². The zero-order chi connectivity index (χ0) is 15.0. The largest absolute Gasteiger partial charge is 0.463 e. The average Bonchev–Trinajstić information content (AvgIpc) is 2.39. The molecule has 0 atom stereocenters. The van der Waals surface area contributed by atoms with E-state index in [0.29, 0.717) is 18.0 Å². The molecule has 0 saturated carbocycles. The van der Waals surface area contributed by atoms with Gasteiger partial charge in [0, 0.05) is 21.9 Å². The van der Waals surface area contributed by atoms with Crippen molar-refractivity contribution >= 4 is 33.5 Å². The monoisotopic (exact) mass is 340 g/mol. The number of halogens is 1. The first-order chi connectivity index (χ1) is 9.51. The summed E-state index contributed by atoms with van der Waals surface area (Å²) in [6.45, 7) is 3.84. The summed E-state index contributed by atoms with van der Waals surface area (Å²) >= 11 is 3.32. The van der Waals surface area contributed by atoms with Crippen molar-refractivity contribution in [1.82, 2.24) is 5.32 Å². The van der Waals surface area contributed by atoms with Gasteiger partial charge in [-0.25, -0.2) is 4.79 Å². The molecule has 0 saturated heterocycles. The van der Waals surface area contributed by atoms with E-state index in [1.165, 1.54) is 6.08 Å². The van der Waals surface area contributed by atoms with E-state index in [1.54, 1.807) is 26.0 Å². The molecule has 6 heteroatoms. The van der Waals surface area contributed by atoms with Crippen LogP contribution in [-0.2, 0) is 14.3 Å². The molecule has 108 valence electrons. The third-order valence-electron chi connectivity index (χ3n) is 2.28. The van der Waals surface area contributed by atoms with E-state index < -0.39 is 5.97 Å². The van der Waals surface area contributed by atoms with Gasteiger partial charge >= 0.3 is 5.97 Å². The number of benzene rings is 1. The van der Waals surface area contributed by atoms with Crippen molar-refractivity contribution < 1.29 is 14.3 Å². The maximum absolute atomic E-state index is 11.7. The van der Waals surface area contributed by atoms with Gasteiger partial charge in [0.1, 0.15) is 0 Å². The Kier molecular flexibility index (Phi) is 6.79. The van der Waals surface area contributed by atoms with Gasteiger partial charge in [0.2, 0.25) is 5.91 Å². The molecule has 0 radical (unpaired) electrons. The molecule has 5 nitrogen and oxygen atoms in total. The van der Waals surface area contributed by atoms with Crippen LogP contribution in [0.2, 0.25) is 0 Å². The summed E-state index contributed by atoms with van der Waals surface area (Å²) < 4.78 is 5.71. The maximum Gasteiger partial charge on any atom is 0.332 e.